The standard InChI is InChI=1S/C11H15N3S/c1-4-8(2)14-6-10(5-13-14)11-9(3)12-7-15-11/h5-8H,4H2,1-3H3. The summed E-state index contributed by atoms with van der Waals surface area (Å²) in [6.45, 7) is 6.38. The third-order valence-electron chi connectivity index (χ3n) is 2.65. The maximum atomic E-state index is 4.38. The van der Waals surface area contributed by atoms with Gasteiger partial charge >= 0.3 is 0 Å². The molecule has 80 valence electrons. The highest BCUT2D eigenvalue weighted by Gasteiger charge is 2.09. The van der Waals surface area contributed by atoms with Crippen LogP contribution in [0.5, 0.6) is 0 Å². The van der Waals surface area contributed by atoms with Gasteiger partial charge in [0, 0.05) is 17.8 Å². The molecule has 1 unspecified atom stereocenters. The lowest BCUT2D eigenvalue weighted by atomic mass is 10.2. The predicted molar refractivity (Wildman–Crippen MR) is 63.1 cm³/mol. The molecule has 0 N–H and O–H groups in total. The molecule has 15 heavy (non-hydrogen) atoms. The van der Waals surface area contributed by atoms with Gasteiger partial charge in [0.05, 0.1) is 22.3 Å². The van der Waals surface area contributed by atoms with E-state index in [0.29, 0.717) is 6.04 Å². The van der Waals surface area contributed by atoms with Crippen molar-refractivity contribution in [3.8, 4) is 10.4 Å². The molecule has 0 aliphatic rings. The fraction of sp³-hybridized carbons (Fsp3) is 0.455. The monoisotopic (exact) mass is 221 g/mol. The Morgan fingerprint density at radius 2 is 2.33 bits per heavy atom. The second-order valence-electron chi connectivity index (χ2n) is 3.73. The fourth-order valence-corrected chi connectivity index (χ4v) is 2.24. The van der Waals surface area contributed by atoms with Gasteiger partial charge in [0.2, 0.25) is 0 Å². The number of thiazole rings is 1. The van der Waals surface area contributed by atoms with Gasteiger partial charge < -0.3 is 0 Å². The number of hydrogen-bond donors (Lipinski definition) is 0. The highest BCUT2D eigenvalue weighted by molar-refractivity contribution is 7.13. The van der Waals surface area contributed by atoms with E-state index in [2.05, 4.69) is 30.1 Å². The highest BCUT2D eigenvalue weighted by Crippen LogP contribution is 2.27. The third-order valence-corrected chi connectivity index (χ3v) is 3.63. The maximum absolute atomic E-state index is 4.38. The van der Waals surface area contributed by atoms with E-state index in [1.54, 1.807) is 11.3 Å². The Hall–Kier alpha value is -1.16. The molecule has 0 radical (unpaired) electrons. The van der Waals surface area contributed by atoms with Crippen molar-refractivity contribution in [3.63, 3.8) is 0 Å². The van der Waals surface area contributed by atoms with Crippen LogP contribution >= 0.6 is 11.3 Å². The highest BCUT2D eigenvalue weighted by atomic mass is 32.1. The van der Waals surface area contributed by atoms with Gasteiger partial charge in [0.1, 0.15) is 0 Å². The first-order valence-corrected chi connectivity index (χ1v) is 6.05. The van der Waals surface area contributed by atoms with Gasteiger partial charge in [-0.05, 0) is 20.3 Å². The SMILES string of the molecule is CCC(C)n1cc(-c2scnc2C)cn1. The lowest BCUT2D eigenvalue weighted by molar-refractivity contribution is 0.478. The van der Waals surface area contributed by atoms with Gasteiger partial charge in [-0.25, -0.2) is 4.98 Å². The summed E-state index contributed by atoms with van der Waals surface area (Å²) in [4.78, 5) is 5.48. The van der Waals surface area contributed by atoms with Crippen LogP contribution in [0.1, 0.15) is 32.0 Å². The van der Waals surface area contributed by atoms with Gasteiger partial charge in [-0.1, -0.05) is 6.92 Å². The first-order chi connectivity index (χ1) is 7.22. The summed E-state index contributed by atoms with van der Waals surface area (Å²) in [6.07, 6.45) is 5.13. The Morgan fingerprint density at radius 1 is 1.53 bits per heavy atom. The zero-order chi connectivity index (χ0) is 10.8. The smallest absolute Gasteiger partial charge is 0.0801 e. The molecule has 2 aromatic heterocycles. The van der Waals surface area contributed by atoms with Crippen molar-refractivity contribution in [2.24, 2.45) is 0 Å². The molecule has 0 aromatic carbocycles. The maximum Gasteiger partial charge on any atom is 0.0801 e. The van der Waals surface area contributed by atoms with E-state index in [4.69, 9.17) is 0 Å². The minimum atomic E-state index is 0.465. The van der Waals surface area contributed by atoms with E-state index >= 15 is 0 Å². The third kappa shape index (κ3) is 1.95. The van der Waals surface area contributed by atoms with Crippen LogP contribution in [-0.2, 0) is 0 Å². The predicted octanol–water partition coefficient (Wildman–Crippen LogP) is 3.29. The second kappa shape index (κ2) is 4.14. The van der Waals surface area contributed by atoms with E-state index in [9.17, 15) is 0 Å². The summed E-state index contributed by atoms with van der Waals surface area (Å²) in [5.41, 5.74) is 4.14. The van der Waals surface area contributed by atoms with E-state index in [0.717, 1.165) is 12.1 Å². The van der Waals surface area contributed by atoms with Crippen molar-refractivity contribution >= 4 is 11.3 Å². The summed E-state index contributed by atoms with van der Waals surface area (Å²) in [6, 6.07) is 0.465. The Morgan fingerprint density at radius 3 is 2.93 bits per heavy atom. The van der Waals surface area contributed by atoms with Crippen LogP contribution in [0.3, 0.4) is 0 Å². The molecule has 0 saturated carbocycles. The molecule has 2 heterocycles. The van der Waals surface area contributed by atoms with Crippen LogP contribution in [0.4, 0.5) is 0 Å². The molecule has 2 aromatic rings. The average molecular weight is 221 g/mol. The van der Waals surface area contributed by atoms with Crippen molar-refractivity contribution in [2.75, 3.05) is 0 Å². The van der Waals surface area contributed by atoms with E-state index in [1.807, 2.05) is 23.3 Å². The fourth-order valence-electron chi connectivity index (χ4n) is 1.46. The molecule has 2 rings (SSSR count). The summed E-state index contributed by atoms with van der Waals surface area (Å²) in [5, 5.41) is 4.38. The largest absolute Gasteiger partial charge is 0.269 e. The quantitative estimate of drug-likeness (QED) is 0.796. The molecule has 0 amide bonds. The molecular formula is C11H15N3S. The molecule has 0 fully saturated rings. The first-order valence-electron chi connectivity index (χ1n) is 5.17. The summed E-state index contributed by atoms with van der Waals surface area (Å²) in [5.74, 6) is 0. The van der Waals surface area contributed by atoms with Crippen molar-refractivity contribution < 1.29 is 0 Å². The first kappa shape index (κ1) is 10.4. The van der Waals surface area contributed by atoms with Crippen molar-refractivity contribution in [1.29, 1.82) is 0 Å². The molecule has 0 aliphatic carbocycles. The van der Waals surface area contributed by atoms with Crippen LogP contribution in [0.25, 0.3) is 10.4 Å². The number of rotatable bonds is 3. The lowest BCUT2D eigenvalue weighted by Crippen LogP contribution is -2.03. The van der Waals surface area contributed by atoms with Gasteiger partial charge in [-0.3, -0.25) is 4.68 Å². The minimum absolute atomic E-state index is 0.465. The number of nitrogens with zero attached hydrogens (tertiary/aromatic N) is 3. The van der Waals surface area contributed by atoms with E-state index in [1.165, 1.54) is 10.4 Å². The van der Waals surface area contributed by atoms with E-state index < -0.39 is 0 Å². The average Bonchev–Trinajstić information content (AvgIpc) is 2.84. The summed E-state index contributed by atoms with van der Waals surface area (Å²) in [7, 11) is 0. The van der Waals surface area contributed by atoms with Crippen molar-refractivity contribution in [3.05, 3.63) is 23.6 Å². The molecule has 0 saturated heterocycles. The van der Waals surface area contributed by atoms with Gasteiger partial charge in [0.15, 0.2) is 0 Å². The Kier molecular flexibility index (Phi) is 2.86. The van der Waals surface area contributed by atoms with Crippen LogP contribution < -0.4 is 0 Å². The Labute approximate surface area is 93.8 Å². The van der Waals surface area contributed by atoms with Crippen molar-refractivity contribution in [1.82, 2.24) is 14.8 Å². The van der Waals surface area contributed by atoms with E-state index in [-0.39, 0.29) is 0 Å². The van der Waals surface area contributed by atoms with Gasteiger partial charge in [-0.15, -0.1) is 11.3 Å². The molecule has 1 atom stereocenters. The van der Waals surface area contributed by atoms with Crippen LogP contribution in [0.2, 0.25) is 0 Å². The molecule has 0 spiro atoms. The van der Waals surface area contributed by atoms with Gasteiger partial charge in [0.25, 0.3) is 0 Å². The van der Waals surface area contributed by atoms with Crippen LogP contribution in [0, 0.1) is 6.92 Å². The lowest BCUT2D eigenvalue weighted by Gasteiger charge is -2.07. The normalized spacial score (nSPS) is 13.0. The van der Waals surface area contributed by atoms with Crippen molar-refractivity contribution in [2.45, 2.75) is 33.2 Å². The molecule has 0 bridgehead atoms. The Balaban J connectivity index is 2.32. The Bertz CT molecular complexity index is 444. The summed E-state index contributed by atoms with van der Waals surface area (Å²) >= 11 is 1.67. The number of aromatic nitrogens is 3. The number of aryl methyl sites for hydroxylation is 1. The molecule has 0 aliphatic heterocycles. The molecule has 3 nitrogen and oxygen atoms in total. The topological polar surface area (TPSA) is 30.7 Å². The molecular weight excluding hydrogens is 206 g/mol. The minimum Gasteiger partial charge on any atom is -0.269 e. The van der Waals surface area contributed by atoms with Crippen LogP contribution in [-0.4, -0.2) is 14.8 Å². The van der Waals surface area contributed by atoms with Gasteiger partial charge in [-0.2, -0.15) is 5.10 Å². The zero-order valence-electron chi connectivity index (χ0n) is 9.27. The second-order valence-corrected chi connectivity index (χ2v) is 4.59. The zero-order valence-corrected chi connectivity index (χ0v) is 10.1. The van der Waals surface area contributed by atoms with Crippen LogP contribution in [0.15, 0.2) is 17.9 Å². The number of hydrogen-bond acceptors (Lipinski definition) is 3. The molecule has 4 heteroatoms. The summed E-state index contributed by atoms with van der Waals surface area (Å²) < 4.78 is 2.02.